The lowest BCUT2D eigenvalue weighted by atomic mass is 9.94. The van der Waals surface area contributed by atoms with Crippen molar-refractivity contribution in [3.8, 4) is 0 Å². The zero-order valence-corrected chi connectivity index (χ0v) is 29.5. The Labute approximate surface area is 282 Å². The number of H-pyrrole nitrogens is 2. The van der Waals surface area contributed by atoms with E-state index < -0.39 is 22.2 Å². The van der Waals surface area contributed by atoms with Crippen LogP contribution >= 0.6 is 31.9 Å². The number of pyridine rings is 3. The molecule has 0 aliphatic rings. The van der Waals surface area contributed by atoms with Crippen LogP contribution in [0.1, 0.15) is 90.9 Å². The summed E-state index contributed by atoms with van der Waals surface area (Å²) in [6.45, 7) is 4.90. The first-order valence-electron chi connectivity index (χ1n) is 16.6. The van der Waals surface area contributed by atoms with E-state index in [2.05, 4.69) is 60.7 Å². The highest BCUT2D eigenvalue weighted by Gasteiger charge is 2.29. The van der Waals surface area contributed by atoms with Gasteiger partial charge < -0.3 is 9.97 Å². The van der Waals surface area contributed by atoms with Crippen molar-refractivity contribution in [2.75, 3.05) is 0 Å². The van der Waals surface area contributed by atoms with Gasteiger partial charge in [0.2, 0.25) is 0 Å². The van der Waals surface area contributed by atoms with Gasteiger partial charge in [-0.1, -0.05) is 78.1 Å². The number of nitrogens with zero attached hydrogens (tertiary/aromatic N) is 3. The van der Waals surface area contributed by atoms with E-state index in [-0.39, 0.29) is 34.6 Å². The van der Waals surface area contributed by atoms with E-state index in [1.54, 1.807) is 18.5 Å². The molecule has 0 spiro atoms. The zero-order valence-electron chi connectivity index (χ0n) is 26.4. The van der Waals surface area contributed by atoms with Crippen molar-refractivity contribution in [3.63, 3.8) is 0 Å². The second-order valence-corrected chi connectivity index (χ2v) is 13.9. The average molecular weight is 754 g/mol. The number of nitrogens with one attached hydrogen (secondary N) is 2. The average Bonchev–Trinajstić information content (AvgIpc) is 3.05. The molecule has 0 saturated carbocycles. The second-order valence-electron chi connectivity index (χ2n) is 12.4. The van der Waals surface area contributed by atoms with Crippen LogP contribution in [-0.4, -0.2) is 24.1 Å². The summed E-state index contributed by atoms with van der Waals surface area (Å²) in [5.41, 5.74) is 0.438. The minimum Gasteiger partial charge on any atom is -0.351 e. The molecule has 242 valence electrons. The fraction of sp³-hybridized carbons (Fsp3) is 0.457. The molecule has 0 saturated heterocycles. The van der Waals surface area contributed by atoms with Gasteiger partial charge in [0.05, 0.1) is 49.8 Å². The van der Waals surface area contributed by atoms with Crippen LogP contribution in [0, 0.1) is 0 Å². The molecule has 9 nitrogen and oxygen atoms in total. The third kappa shape index (κ3) is 5.53. The molecular formula is C35H39Br2N5O4. The van der Waals surface area contributed by atoms with E-state index in [4.69, 9.17) is 0 Å². The molecule has 0 aliphatic heterocycles. The molecule has 0 unspecified atom stereocenters. The van der Waals surface area contributed by atoms with E-state index in [9.17, 15) is 19.2 Å². The highest BCUT2D eigenvalue weighted by molar-refractivity contribution is 9.13. The Morgan fingerprint density at radius 1 is 0.565 bits per heavy atom. The minimum absolute atomic E-state index is 0.274. The first-order chi connectivity index (χ1) is 22.3. The van der Waals surface area contributed by atoms with E-state index in [1.165, 1.54) is 9.13 Å². The van der Waals surface area contributed by atoms with Gasteiger partial charge in [0.25, 0.3) is 22.2 Å². The second kappa shape index (κ2) is 13.8. The van der Waals surface area contributed by atoms with E-state index in [0.717, 1.165) is 64.2 Å². The summed E-state index contributed by atoms with van der Waals surface area (Å²) < 4.78 is 3.44. The number of unbranched alkanes of at least 4 members (excludes halogenated alkanes) is 10. The van der Waals surface area contributed by atoms with Crippen LogP contribution in [0.2, 0.25) is 0 Å². The number of hydrogen-bond acceptors (Lipinski definition) is 5. The molecule has 0 radical (unpaired) electrons. The summed E-state index contributed by atoms with van der Waals surface area (Å²) in [4.78, 5) is 68.1. The molecule has 0 atom stereocenters. The summed E-state index contributed by atoms with van der Waals surface area (Å²) in [5, 5.41) is 1.78. The molecule has 6 rings (SSSR count). The fourth-order valence-electron chi connectivity index (χ4n) is 6.87. The number of halogens is 2. The fourth-order valence-corrected chi connectivity index (χ4v) is 8.00. The summed E-state index contributed by atoms with van der Waals surface area (Å²) in [7, 11) is 0. The monoisotopic (exact) mass is 751 g/mol. The lowest BCUT2D eigenvalue weighted by molar-refractivity contribution is 0.545. The Bertz CT molecular complexity index is 2160. The van der Waals surface area contributed by atoms with E-state index in [0.29, 0.717) is 54.6 Å². The number of aromatic nitrogens is 5. The van der Waals surface area contributed by atoms with Gasteiger partial charge in [-0.2, -0.15) is 0 Å². The van der Waals surface area contributed by atoms with Gasteiger partial charge in [0, 0.05) is 39.0 Å². The number of fused-ring (bicyclic) bond motifs is 4. The quantitative estimate of drug-likeness (QED) is 0.0660. The SMILES string of the molecule is CCCCCCCCn1c(=O)c2c(Br)c(Br)c3c(=O)n(CCCCCCCC)c(=O)c4c5[nH]c6cnccc6[nH]c5c(c1=O)c2c34. The summed E-state index contributed by atoms with van der Waals surface area (Å²) in [6, 6.07) is 1.79. The predicted molar refractivity (Wildman–Crippen MR) is 195 cm³/mol. The summed E-state index contributed by atoms with van der Waals surface area (Å²) >= 11 is 7.27. The Kier molecular flexibility index (Phi) is 9.80. The van der Waals surface area contributed by atoms with Crippen LogP contribution < -0.4 is 22.2 Å². The van der Waals surface area contributed by atoms with Gasteiger partial charge in [0.1, 0.15) is 0 Å². The predicted octanol–water partition coefficient (Wildman–Crippen LogP) is 8.23. The molecule has 46 heavy (non-hydrogen) atoms. The third-order valence-corrected chi connectivity index (χ3v) is 11.4. The van der Waals surface area contributed by atoms with Crippen LogP contribution in [0.4, 0.5) is 0 Å². The molecule has 0 bridgehead atoms. The topological polar surface area (TPSA) is 123 Å². The maximum absolute atomic E-state index is 14.4. The first-order valence-corrected chi connectivity index (χ1v) is 18.1. The molecule has 4 aromatic heterocycles. The molecule has 0 amide bonds. The highest BCUT2D eigenvalue weighted by atomic mass is 79.9. The van der Waals surface area contributed by atoms with Crippen molar-refractivity contribution >= 4 is 86.2 Å². The maximum Gasteiger partial charge on any atom is 0.263 e. The smallest absolute Gasteiger partial charge is 0.263 e. The zero-order chi connectivity index (χ0) is 32.5. The van der Waals surface area contributed by atoms with Crippen molar-refractivity contribution < 1.29 is 0 Å². The van der Waals surface area contributed by atoms with Gasteiger partial charge in [-0.05, 0) is 50.8 Å². The molecule has 0 fully saturated rings. The number of hydrogen-bond donors (Lipinski definition) is 2. The van der Waals surface area contributed by atoms with E-state index in [1.807, 2.05) is 0 Å². The van der Waals surface area contributed by atoms with Crippen molar-refractivity contribution in [1.29, 1.82) is 0 Å². The number of rotatable bonds is 14. The largest absolute Gasteiger partial charge is 0.351 e. The first kappa shape index (κ1) is 32.6. The molecular weight excluding hydrogens is 714 g/mol. The molecule has 6 aromatic rings. The summed E-state index contributed by atoms with van der Waals surface area (Å²) in [6.07, 6.45) is 15.5. The molecule has 2 aromatic carbocycles. The maximum atomic E-state index is 14.4. The van der Waals surface area contributed by atoms with Crippen molar-refractivity contribution in [2.45, 2.75) is 104 Å². The Balaban J connectivity index is 1.67. The lowest BCUT2D eigenvalue weighted by Crippen LogP contribution is -2.36. The molecule has 11 heteroatoms. The number of aromatic amines is 2. The lowest BCUT2D eigenvalue weighted by Gasteiger charge is -2.19. The third-order valence-electron chi connectivity index (χ3n) is 9.28. The van der Waals surface area contributed by atoms with Crippen LogP contribution in [0.25, 0.3) is 54.4 Å². The van der Waals surface area contributed by atoms with Crippen LogP contribution in [-0.2, 0) is 13.1 Å². The molecule has 2 N–H and O–H groups in total. The van der Waals surface area contributed by atoms with Gasteiger partial charge >= 0.3 is 0 Å². The minimum atomic E-state index is -0.440. The van der Waals surface area contributed by atoms with Crippen LogP contribution in [0.3, 0.4) is 0 Å². The Hall–Kier alpha value is -3.31. The Morgan fingerprint density at radius 2 is 0.978 bits per heavy atom. The molecule has 4 heterocycles. The normalized spacial score (nSPS) is 12.2. The van der Waals surface area contributed by atoms with E-state index >= 15 is 0 Å². The Morgan fingerprint density at radius 3 is 1.46 bits per heavy atom. The summed E-state index contributed by atoms with van der Waals surface area (Å²) in [5.74, 6) is 0. The van der Waals surface area contributed by atoms with Crippen LogP contribution in [0.5, 0.6) is 0 Å². The van der Waals surface area contributed by atoms with Gasteiger partial charge in [-0.15, -0.1) is 0 Å². The van der Waals surface area contributed by atoms with Gasteiger partial charge in [0.15, 0.2) is 0 Å². The van der Waals surface area contributed by atoms with Crippen molar-refractivity contribution in [2.24, 2.45) is 0 Å². The molecule has 0 aliphatic carbocycles. The van der Waals surface area contributed by atoms with Crippen molar-refractivity contribution in [3.05, 3.63) is 68.8 Å². The van der Waals surface area contributed by atoms with Gasteiger partial charge in [-0.3, -0.25) is 33.3 Å². The van der Waals surface area contributed by atoms with Crippen molar-refractivity contribution in [1.82, 2.24) is 24.1 Å². The van der Waals surface area contributed by atoms with Gasteiger partial charge in [-0.25, -0.2) is 0 Å². The highest BCUT2D eigenvalue weighted by Crippen LogP contribution is 2.42. The van der Waals surface area contributed by atoms with Crippen LogP contribution in [0.15, 0.2) is 46.6 Å². The standard InChI is InChI=1S/C35H39Br2N5O4/c1-3-5-7-9-11-13-17-41-32(43)24-22-23-25(29(37)28(24)36)33(44)42(18-14-12-10-8-6-4-2)35(46)27(23)31-30(26(22)34(41)45)39-20-15-16-38-19-21(20)40-31/h15-16,19,39-40H,3-14,17-18H2,1-2H3. The number of benzene rings is 2.